The van der Waals surface area contributed by atoms with Crippen LogP contribution < -0.4 is 20.6 Å². The Hall–Kier alpha value is -4.40. The third kappa shape index (κ3) is 4.72. The number of ether oxygens (including phenoxy) is 1. The third-order valence-electron chi connectivity index (χ3n) is 6.21. The van der Waals surface area contributed by atoms with Gasteiger partial charge in [0.15, 0.2) is 11.3 Å². The lowest BCUT2D eigenvalue weighted by Crippen LogP contribution is -2.49. The van der Waals surface area contributed by atoms with Gasteiger partial charge in [-0.05, 0) is 38.1 Å². The van der Waals surface area contributed by atoms with Crippen LogP contribution in [0.25, 0.3) is 11.0 Å². The van der Waals surface area contributed by atoms with E-state index in [1.54, 1.807) is 29.2 Å². The van der Waals surface area contributed by atoms with E-state index in [4.69, 9.17) is 9.15 Å². The van der Waals surface area contributed by atoms with Crippen molar-refractivity contribution >= 4 is 34.2 Å². The predicted octanol–water partition coefficient (Wildman–Crippen LogP) is 3.91. The van der Waals surface area contributed by atoms with Crippen molar-refractivity contribution in [3.05, 3.63) is 82.0 Å². The molecule has 0 radical (unpaired) electrons. The van der Waals surface area contributed by atoms with Crippen LogP contribution >= 0.6 is 0 Å². The van der Waals surface area contributed by atoms with E-state index in [2.05, 4.69) is 20.2 Å². The van der Waals surface area contributed by atoms with Crippen molar-refractivity contribution in [2.75, 3.05) is 43.5 Å². The van der Waals surface area contributed by atoms with Crippen LogP contribution in [0.15, 0.2) is 63.8 Å². The lowest BCUT2D eigenvalue weighted by atomic mass is 10.1. The molecular formula is C27H27N5O4. The van der Waals surface area contributed by atoms with E-state index in [1.165, 1.54) is 12.7 Å². The van der Waals surface area contributed by atoms with Crippen molar-refractivity contribution in [3.63, 3.8) is 0 Å². The smallest absolute Gasteiger partial charge is 0.349 e. The number of piperazine rings is 1. The van der Waals surface area contributed by atoms with Gasteiger partial charge in [-0.15, -0.1) is 0 Å². The largest absolute Gasteiger partial charge is 0.493 e. The number of carbonyl (C=O) groups excluding carboxylic acids is 1. The highest BCUT2D eigenvalue weighted by Crippen LogP contribution is 2.25. The minimum absolute atomic E-state index is 0.0201. The van der Waals surface area contributed by atoms with E-state index < -0.39 is 5.63 Å². The van der Waals surface area contributed by atoms with Gasteiger partial charge in [0, 0.05) is 43.3 Å². The van der Waals surface area contributed by atoms with Crippen molar-refractivity contribution in [1.29, 1.82) is 0 Å². The number of rotatable bonds is 5. The van der Waals surface area contributed by atoms with Gasteiger partial charge in [0.2, 0.25) is 0 Å². The van der Waals surface area contributed by atoms with Gasteiger partial charge in [0.25, 0.3) is 5.91 Å². The summed E-state index contributed by atoms with van der Waals surface area (Å²) in [6.45, 7) is 5.98. The second kappa shape index (κ2) is 9.69. The Morgan fingerprint density at radius 3 is 2.47 bits per heavy atom. The average Bonchev–Trinajstić information content (AvgIpc) is 2.88. The van der Waals surface area contributed by atoms with Gasteiger partial charge < -0.3 is 24.3 Å². The SMILES string of the molecule is COc1cccc2cc(C(=O)N3CCN(c4cc(Nc5ccc(C)cc5)nc(C)n4)CC3)c(=O)oc12. The minimum atomic E-state index is -0.669. The number of para-hydroxylation sites is 1. The highest BCUT2D eigenvalue weighted by atomic mass is 16.5. The van der Waals surface area contributed by atoms with Crippen molar-refractivity contribution in [3.8, 4) is 5.75 Å². The molecule has 36 heavy (non-hydrogen) atoms. The predicted molar refractivity (Wildman–Crippen MR) is 138 cm³/mol. The highest BCUT2D eigenvalue weighted by Gasteiger charge is 2.26. The number of nitrogens with one attached hydrogen (secondary N) is 1. The van der Waals surface area contributed by atoms with Crippen LogP contribution in [0.2, 0.25) is 0 Å². The molecule has 0 aliphatic carbocycles. The van der Waals surface area contributed by atoms with Crippen LogP contribution in [0.4, 0.5) is 17.3 Å². The van der Waals surface area contributed by atoms with Gasteiger partial charge in [-0.2, -0.15) is 0 Å². The topological polar surface area (TPSA) is 101 Å². The van der Waals surface area contributed by atoms with E-state index in [0.717, 1.165) is 11.5 Å². The number of aryl methyl sites for hydroxylation is 2. The van der Waals surface area contributed by atoms with E-state index in [-0.39, 0.29) is 11.5 Å². The molecule has 0 spiro atoms. The van der Waals surface area contributed by atoms with Crippen molar-refractivity contribution < 1.29 is 13.9 Å². The monoisotopic (exact) mass is 485 g/mol. The van der Waals surface area contributed by atoms with Gasteiger partial charge in [-0.25, -0.2) is 14.8 Å². The Kier molecular flexibility index (Phi) is 6.28. The van der Waals surface area contributed by atoms with Gasteiger partial charge >= 0.3 is 5.63 Å². The highest BCUT2D eigenvalue weighted by molar-refractivity contribution is 5.97. The first-order chi connectivity index (χ1) is 17.4. The Bertz CT molecular complexity index is 1470. The van der Waals surface area contributed by atoms with Crippen LogP contribution in [-0.2, 0) is 0 Å². The molecule has 184 valence electrons. The van der Waals surface area contributed by atoms with E-state index in [1.807, 2.05) is 44.2 Å². The zero-order chi connectivity index (χ0) is 25.2. The quantitative estimate of drug-likeness (QED) is 0.425. The van der Waals surface area contributed by atoms with Gasteiger partial charge in [-0.3, -0.25) is 4.79 Å². The average molecular weight is 486 g/mol. The number of hydrogen-bond acceptors (Lipinski definition) is 8. The molecular weight excluding hydrogens is 458 g/mol. The summed E-state index contributed by atoms with van der Waals surface area (Å²) in [6, 6.07) is 16.9. The molecule has 9 nitrogen and oxygen atoms in total. The number of amides is 1. The molecule has 1 fully saturated rings. The van der Waals surface area contributed by atoms with Gasteiger partial charge in [-0.1, -0.05) is 29.8 Å². The van der Waals surface area contributed by atoms with Crippen LogP contribution in [0, 0.1) is 13.8 Å². The molecule has 5 rings (SSSR count). The minimum Gasteiger partial charge on any atom is -0.493 e. The maximum Gasteiger partial charge on any atom is 0.349 e. The normalized spacial score (nSPS) is 13.6. The first kappa shape index (κ1) is 23.3. The second-order valence-electron chi connectivity index (χ2n) is 8.76. The number of fused-ring (bicyclic) bond motifs is 1. The summed E-state index contributed by atoms with van der Waals surface area (Å²) >= 11 is 0. The fourth-order valence-electron chi connectivity index (χ4n) is 4.30. The second-order valence-corrected chi connectivity index (χ2v) is 8.76. The number of nitrogens with zero attached hydrogens (tertiary/aromatic N) is 4. The third-order valence-corrected chi connectivity index (χ3v) is 6.21. The number of methoxy groups -OCH3 is 1. The maximum absolute atomic E-state index is 13.2. The van der Waals surface area contributed by atoms with E-state index >= 15 is 0 Å². The summed E-state index contributed by atoms with van der Waals surface area (Å²) < 4.78 is 10.7. The summed E-state index contributed by atoms with van der Waals surface area (Å²) in [5.41, 5.74) is 1.82. The van der Waals surface area contributed by atoms with Gasteiger partial charge in [0.1, 0.15) is 23.0 Å². The van der Waals surface area contributed by atoms with E-state index in [9.17, 15) is 9.59 Å². The summed E-state index contributed by atoms with van der Waals surface area (Å²) in [6.07, 6.45) is 0. The lowest BCUT2D eigenvalue weighted by molar-refractivity contribution is 0.0742. The number of anilines is 3. The summed E-state index contributed by atoms with van der Waals surface area (Å²) in [4.78, 5) is 38.7. The van der Waals surface area contributed by atoms with Crippen molar-refractivity contribution in [2.45, 2.75) is 13.8 Å². The standard InChI is InChI=1S/C27H27N5O4/c1-17-7-9-20(10-8-17)30-23-16-24(29-18(2)28-23)31-11-13-32(14-12-31)26(33)21-15-19-5-4-6-22(35-3)25(19)36-27(21)34/h4-10,15-16H,11-14H2,1-3H3,(H,28,29,30). The molecule has 1 amide bonds. The number of benzene rings is 2. The summed E-state index contributed by atoms with van der Waals surface area (Å²) in [5.74, 6) is 2.28. The van der Waals surface area contributed by atoms with Crippen LogP contribution in [0.1, 0.15) is 21.7 Å². The van der Waals surface area contributed by atoms with Gasteiger partial charge in [0.05, 0.1) is 7.11 Å². The molecule has 2 aromatic heterocycles. The maximum atomic E-state index is 13.2. The molecule has 1 aliphatic rings. The van der Waals surface area contributed by atoms with E-state index in [0.29, 0.717) is 54.5 Å². The molecule has 0 unspecified atom stereocenters. The number of carbonyl (C=O) groups is 1. The molecule has 1 aliphatic heterocycles. The molecule has 3 heterocycles. The number of hydrogen-bond donors (Lipinski definition) is 1. The van der Waals surface area contributed by atoms with Crippen molar-refractivity contribution in [1.82, 2.24) is 14.9 Å². The van der Waals surface area contributed by atoms with Crippen molar-refractivity contribution in [2.24, 2.45) is 0 Å². The molecule has 1 saturated heterocycles. The van der Waals surface area contributed by atoms with Crippen LogP contribution in [0.3, 0.4) is 0 Å². The Balaban J connectivity index is 1.30. The molecule has 0 atom stereocenters. The zero-order valence-electron chi connectivity index (χ0n) is 20.4. The number of aromatic nitrogens is 2. The summed E-state index contributed by atoms with van der Waals surface area (Å²) in [5, 5.41) is 3.97. The fourth-order valence-corrected chi connectivity index (χ4v) is 4.30. The fraction of sp³-hybridized carbons (Fsp3) is 0.259. The van der Waals surface area contributed by atoms with Crippen LogP contribution in [0.5, 0.6) is 5.75 Å². The molecule has 1 N–H and O–H groups in total. The molecule has 0 bridgehead atoms. The Morgan fingerprint density at radius 2 is 1.75 bits per heavy atom. The van der Waals surface area contributed by atoms with Crippen LogP contribution in [-0.4, -0.2) is 54.1 Å². The molecule has 0 saturated carbocycles. The first-order valence-electron chi connectivity index (χ1n) is 11.8. The summed E-state index contributed by atoms with van der Waals surface area (Å²) in [7, 11) is 1.51. The zero-order valence-corrected chi connectivity index (χ0v) is 20.4. The first-order valence-corrected chi connectivity index (χ1v) is 11.8. The molecule has 4 aromatic rings. The Labute approximate surface area is 208 Å². The molecule has 2 aromatic carbocycles. The molecule has 9 heteroatoms. The Morgan fingerprint density at radius 1 is 1.00 bits per heavy atom. The lowest BCUT2D eigenvalue weighted by Gasteiger charge is -2.35.